The van der Waals surface area contributed by atoms with E-state index in [4.69, 9.17) is 16.3 Å². The molecule has 1 heterocycles. The zero-order valence-electron chi connectivity index (χ0n) is 9.70. The molecule has 1 aromatic rings. The highest BCUT2D eigenvalue weighted by atomic mass is 35.5. The van der Waals surface area contributed by atoms with Gasteiger partial charge in [-0.1, -0.05) is 23.4 Å². The third-order valence-electron chi connectivity index (χ3n) is 2.50. The number of carbonyl (C=O) groups excluding carboxylic acids is 1. The third-order valence-corrected chi connectivity index (χ3v) is 3.29. The molecule has 98 valence electrons. The zero-order chi connectivity index (χ0) is 13.3. The summed E-state index contributed by atoms with van der Waals surface area (Å²) in [6.07, 6.45) is 2.66. The predicted octanol–water partition coefficient (Wildman–Crippen LogP) is 2.08. The second-order valence-corrected chi connectivity index (χ2v) is 4.84. The Kier molecular flexibility index (Phi) is 3.63. The minimum Gasteiger partial charge on any atom is -0.466 e. The van der Waals surface area contributed by atoms with Crippen LogP contribution in [0.3, 0.4) is 0 Å². The van der Waals surface area contributed by atoms with Gasteiger partial charge in [-0.3, -0.25) is 0 Å². The van der Waals surface area contributed by atoms with E-state index in [9.17, 15) is 9.18 Å². The number of aromatic nitrogens is 2. The highest BCUT2D eigenvalue weighted by Gasteiger charge is 2.55. The van der Waals surface area contributed by atoms with Crippen LogP contribution in [-0.4, -0.2) is 34.9 Å². The standard InChI is InChI=1S/C10H10ClFN2O3S/c1-16-8(15)10(3-4-10)17-7-5(12)6(11)13-9(14-7)18-2/h3-4H2,1-2H3. The van der Waals surface area contributed by atoms with Crippen LogP contribution in [0.25, 0.3) is 0 Å². The zero-order valence-corrected chi connectivity index (χ0v) is 11.3. The van der Waals surface area contributed by atoms with Crippen molar-refractivity contribution in [2.45, 2.75) is 23.6 Å². The maximum absolute atomic E-state index is 13.7. The summed E-state index contributed by atoms with van der Waals surface area (Å²) in [6.45, 7) is 0. The van der Waals surface area contributed by atoms with Gasteiger partial charge in [-0.15, -0.1) is 0 Å². The van der Waals surface area contributed by atoms with Crippen molar-refractivity contribution in [3.63, 3.8) is 0 Å². The van der Waals surface area contributed by atoms with Crippen LogP contribution in [-0.2, 0) is 9.53 Å². The fraction of sp³-hybridized carbons (Fsp3) is 0.500. The summed E-state index contributed by atoms with van der Waals surface area (Å²) in [5.74, 6) is -1.73. The van der Waals surface area contributed by atoms with Crippen molar-refractivity contribution < 1.29 is 18.7 Å². The fourth-order valence-corrected chi connectivity index (χ4v) is 1.94. The van der Waals surface area contributed by atoms with E-state index < -0.39 is 17.4 Å². The molecule has 1 saturated carbocycles. The number of carbonyl (C=O) groups is 1. The lowest BCUT2D eigenvalue weighted by atomic mass is 10.3. The Morgan fingerprint density at radius 1 is 1.50 bits per heavy atom. The van der Waals surface area contributed by atoms with Crippen LogP contribution < -0.4 is 4.74 Å². The smallest absolute Gasteiger partial charge is 0.350 e. The number of esters is 1. The summed E-state index contributed by atoms with van der Waals surface area (Å²) in [5, 5.41) is -0.0536. The Morgan fingerprint density at radius 3 is 2.67 bits per heavy atom. The summed E-state index contributed by atoms with van der Waals surface area (Å²) in [5.41, 5.74) is -1.12. The van der Waals surface area contributed by atoms with Gasteiger partial charge in [0.1, 0.15) is 0 Å². The SMILES string of the molecule is COC(=O)C1(Oc2nc(SC)nc(Cl)c2F)CC1. The summed E-state index contributed by atoms with van der Waals surface area (Å²) in [6, 6.07) is 0. The summed E-state index contributed by atoms with van der Waals surface area (Å²) < 4.78 is 23.6. The van der Waals surface area contributed by atoms with Gasteiger partial charge in [0.25, 0.3) is 5.88 Å². The molecule has 0 N–H and O–H groups in total. The highest BCUT2D eigenvalue weighted by Crippen LogP contribution is 2.42. The molecule has 0 amide bonds. The van der Waals surface area contributed by atoms with Gasteiger partial charge < -0.3 is 9.47 Å². The highest BCUT2D eigenvalue weighted by molar-refractivity contribution is 7.98. The van der Waals surface area contributed by atoms with Gasteiger partial charge in [0.15, 0.2) is 10.3 Å². The van der Waals surface area contributed by atoms with Gasteiger partial charge in [0.05, 0.1) is 7.11 Å². The minimum absolute atomic E-state index is 0.275. The molecule has 2 rings (SSSR count). The molecule has 5 nitrogen and oxygen atoms in total. The normalized spacial score (nSPS) is 16.2. The first kappa shape index (κ1) is 13.4. The molecule has 0 aromatic carbocycles. The first-order chi connectivity index (χ1) is 8.52. The lowest BCUT2D eigenvalue weighted by molar-refractivity contribution is -0.151. The summed E-state index contributed by atoms with van der Waals surface area (Å²) in [7, 11) is 1.25. The Hall–Kier alpha value is -1.08. The summed E-state index contributed by atoms with van der Waals surface area (Å²) >= 11 is 6.82. The van der Waals surface area contributed by atoms with Crippen molar-refractivity contribution in [1.82, 2.24) is 9.97 Å². The number of thioether (sulfide) groups is 1. The molecule has 1 fully saturated rings. The van der Waals surface area contributed by atoms with Crippen molar-refractivity contribution in [1.29, 1.82) is 0 Å². The first-order valence-corrected chi connectivity index (χ1v) is 6.67. The van der Waals surface area contributed by atoms with Gasteiger partial charge in [-0.25, -0.2) is 9.78 Å². The summed E-state index contributed by atoms with van der Waals surface area (Å²) in [4.78, 5) is 19.1. The molecule has 1 aliphatic rings. The number of hydrogen-bond donors (Lipinski definition) is 0. The van der Waals surface area contributed by atoms with Gasteiger partial charge in [0, 0.05) is 12.8 Å². The number of hydrogen-bond acceptors (Lipinski definition) is 6. The number of methoxy groups -OCH3 is 1. The van der Waals surface area contributed by atoms with Crippen LogP contribution in [0.2, 0.25) is 5.15 Å². The average Bonchev–Trinajstić information content (AvgIpc) is 3.14. The Labute approximate surface area is 112 Å². The van der Waals surface area contributed by atoms with E-state index >= 15 is 0 Å². The van der Waals surface area contributed by atoms with E-state index in [0.29, 0.717) is 12.8 Å². The molecule has 0 atom stereocenters. The lowest BCUT2D eigenvalue weighted by Crippen LogP contribution is -2.31. The van der Waals surface area contributed by atoms with Crippen molar-refractivity contribution in [2.24, 2.45) is 0 Å². The number of halogens is 2. The Morgan fingerprint density at radius 2 is 2.17 bits per heavy atom. The molecular weight excluding hydrogens is 283 g/mol. The minimum atomic E-state index is -1.12. The molecular formula is C10H10ClFN2O3S. The van der Waals surface area contributed by atoms with E-state index in [0.717, 1.165) is 0 Å². The van der Waals surface area contributed by atoms with E-state index in [1.807, 2.05) is 0 Å². The molecule has 1 aromatic heterocycles. The van der Waals surface area contributed by atoms with Gasteiger partial charge in [0.2, 0.25) is 11.4 Å². The van der Waals surface area contributed by atoms with Crippen LogP contribution in [0.15, 0.2) is 5.16 Å². The molecule has 0 spiro atoms. The molecule has 18 heavy (non-hydrogen) atoms. The van der Waals surface area contributed by atoms with Crippen molar-refractivity contribution >= 4 is 29.3 Å². The molecule has 0 saturated heterocycles. The van der Waals surface area contributed by atoms with Gasteiger partial charge >= 0.3 is 5.97 Å². The van der Waals surface area contributed by atoms with Crippen molar-refractivity contribution in [2.75, 3.05) is 13.4 Å². The fourth-order valence-electron chi connectivity index (χ4n) is 1.37. The predicted molar refractivity (Wildman–Crippen MR) is 63.4 cm³/mol. The molecule has 0 unspecified atom stereocenters. The number of ether oxygens (including phenoxy) is 2. The van der Waals surface area contributed by atoms with E-state index in [2.05, 4.69) is 14.7 Å². The number of nitrogens with zero attached hydrogens (tertiary/aromatic N) is 2. The quantitative estimate of drug-likeness (QED) is 0.366. The van der Waals surface area contributed by atoms with Crippen molar-refractivity contribution in [3.05, 3.63) is 11.0 Å². The Balaban J connectivity index is 2.29. The molecule has 0 aliphatic heterocycles. The van der Waals surface area contributed by atoms with Crippen LogP contribution in [0.5, 0.6) is 5.88 Å². The van der Waals surface area contributed by atoms with Crippen LogP contribution >= 0.6 is 23.4 Å². The third kappa shape index (κ3) is 2.37. The van der Waals surface area contributed by atoms with Crippen LogP contribution in [0.4, 0.5) is 4.39 Å². The lowest BCUT2D eigenvalue weighted by Gasteiger charge is -2.15. The number of rotatable bonds is 4. The maximum atomic E-state index is 13.7. The second kappa shape index (κ2) is 4.89. The second-order valence-electron chi connectivity index (χ2n) is 3.71. The largest absolute Gasteiger partial charge is 0.466 e. The van der Waals surface area contributed by atoms with Gasteiger partial charge in [-0.2, -0.15) is 9.37 Å². The Bertz CT molecular complexity index is 496. The topological polar surface area (TPSA) is 61.3 Å². The molecule has 0 radical (unpaired) electrons. The molecule has 8 heteroatoms. The average molecular weight is 293 g/mol. The van der Waals surface area contributed by atoms with E-state index in [-0.39, 0.29) is 16.2 Å². The maximum Gasteiger partial charge on any atom is 0.350 e. The van der Waals surface area contributed by atoms with Crippen LogP contribution in [0.1, 0.15) is 12.8 Å². The monoisotopic (exact) mass is 292 g/mol. The molecule has 0 bridgehead atoms. The van der Waals surface area contributed by atoms with E-state index in [1.165, 1.54) is 18.9 Å². The first-order valence-electron chi connectivity index (χ1n) is 5.07. The molecule has 1 aliphatic carbocycles. The van der Waals surface area contributed by atoms with Gasteiger partial charge in [-0.05, 0) is 6.26 Å². The van der Waals surface area contributed by atoms with Crippen LogP contribution in [0, 0.1) is 5.82 Å². The van der Waals surface area contributed by atoms with E-state index in [1.54, 1.807) is 6.26 Å². The van der Waals surface area contributed by atoms with Crippen molar-refractivity contribution in [3.8, 4) is 5.88 Å².